The van der Waals surface area contributed by atoms with E-state index in [-0.39, 0.29) is 17.8 Å². The quantitative estimate of drug-likeness (QED) is 0.513. The fourth-order valence-electron chi connectivity index (χ4n) is 3.76. The Morgan fingerprint density at radius 2 is 1.79 bits per heavy atom. The number of imidazole rings is 2. The van der Waals surface area contributed by atoms with Gasteiger partial charge in [0.2, 0.25) is 5.78 Å². The van der Waals surface area contributed by atoms with Crippen molar-refractivity contribution in [3.63, 3.8) is 0 Å². The van der Waals surface area contributed by atoms with Crippen molar-refractivity contribution >= 4 is 16.9 Å². The van der Waals surface area contributed by atoms with Crippen LogP contribution in [0, 0.1) is 20.8 Å². The van der Waals surface area contributed by atoms with Gasteiger partial charge in [0.25, 0.3) is 5.56 Å². The molecule has 3 heterocycles. The zero-order chi connectivity index (χ0) is 20.2. The SMILES string of the molecule is C=CCn1c(C)c(C)n2c3c(=O)n(Cc4ccccc4C)c(=O)n(C)c3nc12. The number of hydrogen-bond donors (Lipinski definition) is 0. The van der Waals surface area contributed by atoms with Gasteiger partial charge in [0.05, 0.1) is 6.54 Å². The minimum absolute atomic E-state index is 0.229. The minimum atomic E-state index is -0.369. The van der Waals surface area contributed by atoms with Gasteiger partial charge >= 0.3 is 5.69 Å². The largest absolute Gasteiger partial charge is 0.332 e. The fraction of sp³-hybridized carbons (Fsp3) is 0.286. The predicted octanol–water partition coefficient (Wildman–Crippen LogP) is 2.31. The van der Waals surface area contributed by atoms with Crippen LogP contribution in [0.5, 0.6) is 0 Å². The van der Waals surface area contributed by atoms with Crippen molar-refractivity contribution in [1.29, 1.82) is 0 Å². The first-order chi connectivity index (χ1) is 13.4. The van der Waals surface area contributed by atoms with Crippen molar-refractivity contribution in [2.75, 3.05) is 0 Å². The summed E-state index contributed by atoms with van der Waals surface area (Å²) in [5.74, 6) is 0.644. The molecule has 0 N–H and O–H groups in total. The van der Waals surface area contributed by atoms with Crippen LogP contribution in [-0.4, -0.2) is 23.1 Å². The van der Waals surface area contributed by atoms with Crippen molar-refractivity contribution in [3.8, 4) is 0 Å². The lowest BCUT2D eigenvalue weighted by Crippen LogP contribution is -2.39. The Labute approximate surface area is 161 Å². The summed E-state index contributed by atoms with van der Waals surface area (Å²) in [5, 5.41) is 0. The maximum atomic E-state index is 13.4. The molecular formula is C21H23N5O2. The lowest BCUT2D eigenvalue weighted by molar-refractivity contribution is 0.654. The topological polar surface area (TPSA) is 66.2 Å². The number of hydrogen-bond acceptors (Lipinski definition) is 3. The molecule has 4 aromatic rings. The van der Waals surface area contributed by atoms with E-state index >= 15 is 0 Å². The van der Waals surface area contributed by atoms with E-state index in [4.69, 9.17) is 0 Å². The molecule has 0 aliphatic heterocycles. The van der Waals surface area contributed by atoms with Crippen molar-refractivity contribution in [1.82, 2.24) is 23.1 Å². The van der Waals surface area contributed by atoms with E-state index in [1.54, 1.807) is 13.1 Å². The van der Waals surface area contributed by atoms with Crippen LogP contribution in [0.25, 0.3) is 16.9 Å². The van der Waals surface area contributed by atoms with Crippen LogP contribution in [0.15, 0.2) is 46.5 Å². The van der Waals surface area contributed by atoms with Gasteiger partial charge in [0, 0.05) is 25.0 Å². The molecule has 4 rings (SSSR count). The van der Waals surface area contributed by atoms with Gasteiger partial charge in [-0.05, 0) is 31.9 Å². The highest BCUT2D eigenvalue weighted by molar-refractivity contribution is 5.76. The van der Waals surface area contributed by atoms with Crippen LogP contribution < -0.4 is 11.2 Å². The molecule has 0 unspecified atom stereocenters. The number of benzene rings is 1. The molecule has 0 atom stereocenters. The number of allylic oxidation sites excluding steroid dienone is 1. The number of aryl methyl sites for hydroxylation is 3. The number of aromatic nitrogens is 5. The van der Waals surface area contributed by atoms with Crippen LogP contribution in [0.2, 0.25) is 0 Å². The smallest absolute Gasteiger partial charge is 0.310 e. The molecule has 0 amide bonds. The second-order valence-electron chi connectivity index (χ2n) is 7.15. The molecule has 0 aliphatic carbocycles. The van der Waals surface area contributed by atoms with Gasteiger partial charge in [-0.25, -0.2) is 4.79 Å². The summed E-state index contributed by atoms with van der Waals surface area (Å²) < 4.78 is 6.59. The van der Waals surface area contributed by atoms with Crippen molar-refractivity contribution < 1.29 is 0 Å². The van der Waals surface area contributed by atoms with E-state index in [2.05, 4.69) is 11.6 Å². The molecule has 28 heavy (non-hydrogen) atoms. The zero-order valence-electron chi connectivity index (χ0n) is 16.6. The van der Waals surface area contributed by atoms with Crippen molar-refractivity contribution in [3.05, 3.63) is 80.3 Å². The molecule has 7 heteroatoms. The van der Waals surface area contributed by atoms with Crippen molar-refractivity contribution in [2.45, 2.75) is 33.9 Å². The van der Waals surface area contributed by atoms with E-state index in [0.29, 0.717) is 23.5 Å². The van der Waals surface area contributed by atoms with Gasteiger partial charge in [-0.15, -0.1) is 6.58 Å². The maximum absolute atomic E-state index is 13.4. The van der Waals surface area contributed by atoms with Crippen molar-refractivity contribution in [2.24, 2.45) is 7.05 Å². The second kappa shape index (κ2) is 6.37. The summed E-state index contributed by atoms with van der Waals surface area (Å²) in [6.45, 7) is 10.5. The molecule has 0 radical (unpaired) electrons. The van der Waals surface area contributed by atoms with E-state index in [1.165, 1.54) is 9.13 Å². The molecule has 7 nitrogen and oxygen atoms in total. The minimum Gasteiger partial charge on any atom is -0.310 e. The number of fused-ring (bicyclic) bond motifs is 3. The third-order valence-electron chi connectivity index (χ3n) is 5.53. The van der Waals surface area contributed by atoms with Crippen LogP contribution >= 0.6 is 0 Å². The van der Waals surface area contributed by atoms with Gasteiger partial charge in [-0.3, -0.25) is 18.3 Å². The average Bonchev–Trinajstić information content (AvgIpc) is 3.17. The maximum Gasteiger partial charge on any atom is 0.332 e. The third-order valence-corrected chi connectivity index (χ3v) is 5.53. The van der Waals surface area contributed by atoms with Crippen LogP contribution in [0.3, 0.4) is 0 Å². The lowest BCUT2D eigenvalue weighted by Gasteiger charge is -2.10. The van der Waals surface area contributed by atoms with E-state index in [0.717, 1.165) is 22.5 Å². The summed E-state index contributed by atoms with van der Waals surface area (Å²) in [4.78, 5) is 30.9. The highest BCUT2D eigenvalue weighted by atomic mass is 16.2. The average molecular weight is 377 g/mol. The first kappa shape index (κ1) is 18.0. The van der Waals surface area contributed by atoms with E-state index in [1.807, 2.05) is 54.0 Å². The first-order valence-electron chi connectivity index (χ1n) is 9.19. The molecule has 0 spiro atoms. The Balaban J connectivity index is 2.09. The molecule has 0 fully saturated rings. The second-order valence-corrected chi connectivity index (χ2v) is 7.15. The van der Waals surface area contributed by atoms with Gasteiger partial charge in [0.15, 0.2) is 11.2 Å². The lowest BCUT2D eigenvalue weighted by atomic mass is 10.1. The number of nitrogens with zero attached hydrogens (tertiary/aromatic N) is 5. The van der Waals surface area contributed by atoms with Gasteiger partial charge in [0.1, 0.15) is 0 Å². The Bertz CT molecular complexity index is 1360. The highest BCUT2D eigenvalue weighted by Gasteiger charge is 2.22. The number of rotatable bonds is 4. The summed E-state index contributed by atoms with van der Waals surface area (Å²) in [6, 6.07) is 7.77. The Hall–Kier alpha value is -3.35. The Kier molecular flexibility index (Phi) is 4.10. The van der Waals surface area contributed by atoms with Crippen LogP contribution in [0.4, 0.5) is 0 Å². The van der Waals surface area contributed by atoms with Gasteiger partial charge in [-0.1, -0.05) is 30.3 Å². The molecule has 3 aromatic heterocycles. The van der Waals surface area contributed by atoms with E-state index in [9.17, 15) is 9.59 Å². The van der Waals surface area contributed by atoms with E-state index < -0.39 is 0 Å². The van der Waals surface area contributed by atoms with Crippen LogP contribution in [0.1, 0.15) is 22.5 Å². The monoisotopic (exact) mass is 377 g/mol. The molecule has 0 saturated heterocycles. The Morgan fingerprint density at radius 3 is 2.46 bits per heavy atom. The molecule has 144 valence electrons. The first-order valence-corrected chi connectivity index (χ1v) is 9.19. The third kappa shape index (κ3) is 2.39. The van der Waals surface area contributed by atoms with Gasteiger partial charge < -0.3 is 4.57 Å². The molecule has 0 saturated carbocycles. The summed E-state index contributed by atoms with van der Waals surface area (Å²) in [5.41, 5.74) is 4.05. The zero-order valence-corrected chi connectivity index (χ0v) is 16.6. The standard InChI is InChI=1S/C21H23N5O2/c1-6-11-24-14(3)15(4)26-17-18(22-20(24)26)23(5)21(28)25(19(17)27)12-16-10-8-7-9-13(16)2/h6-10H,1,11-12H2,2-5H3. The van der Waals surface area contributed by atoms with Crippen LogP contribution in [-0.2, 0) is 20.1 Å². The fourth-order valence-corrected chi connectivity index (χ4v) is 3.76. The molecule has 1 aromatic carbocycles. The predicted molar refractivity (Wildman–Crippen MR) is 110 cm³/mol. The summed E-state index contributed by atoms with van der Waals surface area (Å²) >= 11 is 0. The normalized spacial score (nSPS) is 11.6. The Morgan fingerprint density at radius 1 is 1.07 bits per heavy atom. The molecule has 0 bridgehead atoms. The molecular weight excluding hydrogens is 354 g/mol. The summed E-state index contributed by atoms with van der Waals surface area (Å²) in [7, 11) is 1.66. The summed E-state index contributed by atoms with van der Waals surface area (Å²) in [6.07, 6.45) is 1.79. The highest BCUT2D eigenvalue weighted by Crippen LogP contribution is 2.20. The van der Waals surface area contributed by atoms with Gasteiger partial charge in [-0.2, -0.15) is 4.98 Å². The molecule has 0 aliphatic rings.